The Morgan fingerprint density at radius 1 is 1.06 bits per heavy atom. The predicted molar refractivity (Wildman–Crippen MR) is 118 cm³/mol. The average molecular weight is 440 g/mol. The van der Waals surface area contributed by atoms with E-state index in [2.05, 4.69) is 28.5 Å². The lowest BCUT2D eigenvalue weighted by Crippen LogP contribution is -2.27. The lowest BCUT2D eigenvalue weighted by atomic mass is 10.00. The Morgan fingerprint density at radius 2 is 1.65 bits per heavy atom. The van der Waals surface area contributed by atoms with Gasteiger partial charge in [-0.15, -0.1) is 11.3 Å². The predicted octanol–water partition coefficient (Wildman–Crippen LogP) is 5.92. The summed E-state index contributed by atoms with van der Waals surface area (Å²) in [6.07, 6.45) is 4.96. The second-order valence-corrected chi connectivity index (χ2v) is 9.43. The number of nitrogens with one attached hydrogen (secondary N) is 1. The van der Waals surface area contributed by atoms with E-state index in [4.69, 9.17) is 5.73 Å². The maximum atomic E-state index is 13.8. The number of hydrogen-bond acceptors (Lipinski definition) is 4. The van der Waals surface area contributed by atoms with Gasteiger partial charge in [-0.05, 0) is 85.4 Å². The van der Waals surface area contributed by atoms with Crippen molar-refractivity contribution in [2.75, 3.05) is 5.73 Å². The number of nitrogens with two attached hydrogens (primary N) is 1. The molecule has 1 amide bonds. The molecular formula is C24H23F2N3OS. The van der Waals surface area contributed by atoms with Crippen LogP contribution in [0.25, 0.3) is 10.6 Å². The lowest BCUT2D eigenvalue weighted by molar-refractivity contribution is 0.0935. The Balaban J connectivity index is 1.35. The summed E-state index contributed by atoms with van der Waals surface area (Å²) in [5.41, 5.74) is 9.22. The highest BCUT2D eigenvalue weighted by Gasteiger charge is 2.29. The summed E-state index contributed by atoms with van der Waals surface area (Å²) in [6, 6.07) is 8.42. The molecule has 4 nitrogen and oxygen atoms in total. The minimum absolute atomic E-state index is 0.299. The van der Waals surface area contributed by atoms with Crippen LogP contribution < -0.4 is 11.1 Å². The molecule has 0 saturated heterocycles. The van der Waals surface area contributed by atoms with Crippen LogP contribution >= 0.6 is 11.3 Å². The quantitative estimate of drug-likeness (QED) is 0.469. The number of benzene rings is 2. The third-order valence-electron chi connectivity index (χ3n) is 6.01. The summed E-state index contributed by atoms with van der Waals surface area (Å²) in [4.78, 5) is 17.3. The number of hydrogen-bond donors (Lipinski definition) is 2. The van der Waals surface area contributed by atoms with Crippen molar-refractivity contribution in [1.29, 1.82) is 0 Å². The largest absolute Gasteiger partial charge is 0.394 e. The van der Waals surface area contributed by atoms with Crippen molar-refractivity contribution in [3.8, 4) is 10.6 Å². The number of carbonyl (C=O) groups excluding carboxylic acids is 1. The zero-order valence-corrected chi connectivity index (χ0v) is 17.9. The van der Waals surface area contributed by atoms with E-state index in [0.717, 1.165) is 22.7 Å². The number of amides is 1. The smallest absolute Gasteiger partial charge is 0.271 e. The van der Waals surface area contributed by atoms with Crippen LogP contribution in [0.2, 0.25) is 0 Å². The van der Waals surface area contributed by atoms with Crippen LogP contribution in [0.1, 0.15) is 77.7 Å². The van der Waals surface area contributed by atoms with Gasteiger partial charge in [0.2, 0.25) is 0 Å². The third-order valence-corrected chi connectivity index (χ3v) is 6.90. The van der Waals surface area contributed by atoms with Crippen molar-refractivity contribution in [3.05, 3.63) is 69.7 Å². The molecule has 5 rings (SSSR count). The molecule has 1 aromatic heterocycles. The Kier molecular flexibility index (Phi) is 5.01. The lowest BCUT2D eigenvalue weighted by Gasteiger charge is -2.14. The molecule has 1 atom stereocenters. The second-order valence-electron chi connectivity index (χ2n) is 8.57. The van der Waals surface area contributed by atoms with E-state index in [9.17, 15) is 13.6 Å². The monoisotopic (exact) mass is 439 g/mol. The Morgan fingerprint density at radius 3 is 2.19 bits per heavy atom. The molecule has 3 aromatic rings. The number of nitrogens with zero attached hydrogens (tertiary/aromatic N) is 1. The molecule has 160 valence electrons. The summed E-state index contributed by atoms with van der Waals surface area (Å²) in [6.45, 7) is 1.66. The van der Waals surface area contributed by atoms with Crippen molar-refractivity contribution >= 4 is 22.9 Å². The van der Waals surface area contributed by atoms with Gasteiger partial charge in [-0.3, -0.25) is 4.79 Å². The molecule has 3 N–H and O–H groups in total. The van der Waals surface area contributed by atoms with Gasteiger partial charge in [0.1, 0.15) is 28.0 Å². The molecule has 0 bridgehead atoms. The molecule has 2 aromatic carbocycles. The summed E-state index contributed by atoms with van der Waals surface area (Å²) in [5, 5.41) is 5.30. The van der Waals surface area contributed by atoms with Crippen LogP contribution in [0.4, 0.5) is 14.5 Å². The highest BCUT2D eigenvalue weighted by molar-refractivity contribution is 7.13. The maximum absolute atomic E-state index is 13.8. The average Bonchev–Trinajstić information content (AvgIpc) is 3.68. The number of halogens is 2. The van der Waals surface area contributed by atoms with Gasteiger partial charge in [-0.25, -0.2) is 13.8 Å². The summed E-state index contributed by atoms with van der Waals surface area (Å²) in [5.74, 6) is -0.750. The van der Waals surface area contributed by atoms with Crippen molar-refractivity contribution in [2.45, 2.75) is 50.5 Å². The van der Waals surface area contributed by atoms with E-state index in [0.29, 0.717) is 23.1 Å². The van der Waals surface area contributed by atoms with Crippen molar-refractivity contribution < 1.29 is 13.6 Å². The number of rotatable bonds is 6. The fourth-order valence-corrected chi connectivity index (χ4v) is 4.61. The van der Waals surface area contributed by atoms with Gasteiger partial charge in [0.05, 0.1) is 6.04 Å². The van der Waals surface area contributed by atoms with Crippen LogP contribution in [-0.2, 0) is 0 Å². The van der Waals surface area contributed by atoms with E-state index in [1.807, 2.05) is 0 Å². The van der Waals surface area contributed by atoms with Gasteiger partial charge in [0, 0.05) is 10.9 Å². The van der Waals surface area contributed by atoms with Gasteiger partial charge in [-0.2, -0.15) is 0 Å². The van der Waals surface area contributed by atoms with Crippen LogP contribution in [0.15, 0.2) is 35.7 Å². The minimum atomic E-state index is -0.839. The van der Waals surface area contributed by atoms with Crippen LogP contribution in [0.5, 0.6) is 0 Å². The molecule has 0 unspecified atom stereocenters. The highest BCUT2D eigenvalue weighted by Crippen LogP contribution is 2.46. The molecular weight excluding hydrogens is 416 g/mol. The molecule has 2 fully saturated rings. The summed E-state index contributed by atoms with van der Waals surface area (Å²) < 4.78 is 27.5. The zero-order valence-electron chi connectivity index (χ0n) is 17.1. The van der Waals surface area contributed by atoms with Gasteiger partial charge in [0.25, 0.3) is 5.91 Å². The van der Waals surface area contributed by atoms with Crippen molar-refractivity contribution in [3.63, 3.8) is 0 Å². The van der Waals surface area contributed by atoms with E-state index in [-0.39, 0.29) is 5.91 Å². The third kappa shape index (κ3) is 4.19. The fourth-order valence-electron chi connectivity index (χ4n) is 3.82. The van der Waals surface area contributed by atoms with Gasteiger partial charge in [-0.1, -0.05) is 6.07 Å². The van der Waals surface area contributed by atoms with Gasteiger partial charge >= 0.3 is 0 Å². The van der Waals surface area contributed by atoms with E-state index >= 15 is 0 Å². The molecule has 31 heavy (non-hydrogen) atoms. The molecule has 2 aliphatic rings. The second kappa shape index (κ2) is 7.71. The highest BCUT2D eigenvalue weighted by atomic mass is 32.1. The van der Waals surface area contributed by atoms with Crippen LogP contribution in [-0.4, -0.2) is 10.9 Å². The van der Waals surface area contributed by atoms with Crippen molar-refractivity contribution in [1.82, 2.24) is 10.3 Å². The standard InChI is InChI=1S/C24H23F2N3OS/c1-12(15-9-19(25)22(27)20(26)10-15)28-23(30)21-11-31-24(29-21)18-7-16(13-2-3-13)6-17(8-18)14-4-5-14/h6-14H,2-5,27H2,1H3,(H,28,30)/t12-/m1/s1. The number of aromatic nitrogens is 1. The summed E-state index contributed by atoms with van der Waals surface area (Å²) >= 11 is 1.43. The van der Waals surface area contributed by atoms with E-state index < -0.39 is 23.4 Å². The number of carbonyl (C=O) groups is 1. The Labute approximate surface area is 183 Å². The maximum Gasteiger partial charge on any atom is 0.271 e. The molecule has 1 heterocycles. The van der Waals surface area contributed by atoms with E-state index in [1.54, 1.807) is 12.3 Å². The molecule has 0 aliphatic heterocycles. The Hall–Kier alpha value is -2.80. The topological polar surface area (TPSA) is 68.0 Å². The SMILES string of the molecule is C[C@@H](NC(=O)c1csc(-c2cc(C3CC3)cc(C3CC3)c2)n1)c1cc(F)c(N)c(F)c1. The van der Waals surface area contributed by atoms with Crippen LogP contribution in [0.3, 0.4) is 0 Å². The first-order chi connectivity index (χ1) is 14.9. The molecule has 7 heteroatoms. The van der Waals surface area contributed by atoms with E-state index in [1.165, 1.54) is 48.1 Å². The minimum Gasteiger partial charge on any atom is -0.394 e. The number of nitrogen functional groups attached to an aromatic ring is 1. The molecule has 2 saturated carbocycles. The molecule has 0 radical (unpaired) electrons. The zero-order chi connectivity index (χ0) is 21.7. The summed E-state index contributed by atoms with van der Waals surface area (Å²) in [7, 11) is 0. The molecule has 2 aliphatic carbocycles. The van der Waals surface area contributed by atoms with Gasteiger partial charge < -0.3 is 11.1 Å². The molecule has 0 spiro atoms. The number of thiazole rings is 1. The first kappa shape index (κ1) is 20.1. The van der Waals surface area contributed by atoms with Crippen molar-refractivity contribution in [2.24, 2.45) is 0 Å². The van der Waals surface area contributed by atoms with Crippen LogP contribution in [0, 0.1) is 11.6 Å². The van der Waals surface area contributed by atoms with Gasteiger partial charge in [0.15, 0.2) is 0 Å². The first-order valence-corrected chi connectivity index (χ1v) is 11.4. The number of anilines is 1. The fraction of sp³-hybridized carbons (Fsp3) is 0.333. The normalized spacial score (nSPS) is 16.9. The Bertz CT molecular complexity index is 1110. The first-order valence-electron chi connectivity index (χ1n) is 10.5.